The molecule has 0 unspecified atom stereocenters. The van der Waals surface area contributed by atoms with Gasteiger partial charge in [0.25, 0.3) is 0 Å². The van der Waals surface area contributed by atoms with Crippen molar-refractivity contribution in [3.05, 3.63) is 0 Å². The lowest BCUT2D eigenvalue weighted by atomic mass is 9.38. The molecule has 33 heavy (non-hydrogen) atoms. The summed E-state index contributed by atoms with van der Waals surface area (Å²) in [6.07, 6.45) is 6.82. The topological polar surface area (TPSA) is 77.8 Å². The van der Waals surface area contributed by atoms with Gasteiger partial charge in [-0.2, -0.15) is 0 Å². The summed E-state index contributed by atoms with van der Waals surface area (Å²) >= 11 is 0. The monoisotopic (exact) mass is 462 g/mol. The molecular weight excluding hydrogens is 412 g/mol. The molecule has 4 aliphatic rings. The smallest absolute Gasteiger partial charge is 0.138 e. The maximum Gasteiger partial charge on any atom is 0.138 e. The lowest BCUT2D eigenvalue weighted by molar-refractivity contribution is -0.251. The molecule has 4 saturated carbocycles. The zero-order chi connectivity index (χ0) is 24.6. The predicted octanol–water partition coefficient (Wildman–Crippen LogP) is 5.37. The van der Waals surface area contributed by atoms with Crippen molar-refractivity contribution in [1.82, 2.24) is 0 Å². The second-order valence-corrected chi connectivity index (χ2v) is 14.3. The Bertz CT molecular complexity index is 757. The molecule has 0 radical (unpaired) electrons. The molecule has 0 amide bonds. The Morgan fingerprint density at radius 2 is 1.55 bits per heavy atom. The molecule has 0 aromatic rings. The molecule has 0 bridgehead atoms. The molecule has 4 nitrogen and oxygen atoms in total. The van der Waals surface area contributed by atoms with Crippen molar-refractivity contribution in [2.75, 3.05) is 0 Å². The average molecular weight is 463 g/mol. The first-order valence-electron chi connectivity index (χ1n) is 13.7. The van der Waals surface area contributed by atoms with Gasteiger partial charge in [0.15, 0.2) is 0 Å². The van der Waals surface area contributed by atoms with Crippen molar-refractivity contribution >= 4 is 5.78 Å². The standard InChI is InChI=1S/C29H50O4/c1-17(8-11-23(31)26(2,3)4)20-9-10-21-28(20,6)25(33)16-22-27(5)13-12-19(30)14-18(27)15-24(32)29(21,22)7/h17-22,24-25,30,32-33H,8-16H2,1-7H3/t17-,18+,19-,20-,21-,22-,24-,25+,27+,28-,29+/m1/s1. The molecule has 0 aliphatic heterocycles. The van der Waals surface area contributed by atoms with E-state index in [1.165, 1.54) is 0 Å². The zero-order valence-corrected chi connectivity index (χ0v) is 22.2. The quantitative estimate of drug-likeness (QED) is 0.525. The van der Waals surface area contributed by atoms with Crippen LogP contribution in [0.4, 0.5) is 0 Å². The third kappa shape index (κ3) is 3.76. The van der Waals surface area contributed by atoms with Crippen molar-refractivity contribution in [2.45, 2.75) is 125 Å². The van der Waals surface area contributed by atoms with E-state index < -0.39 is 0 Å². The van der Waals surface area contributed by atoms with Gasteiger partial charge in [-0.15, -0.1) is 0 Å². The van der Waals surface area contributed by atoms with Crippen LogP contribution in [0.1, 0.15) is 106 Å². The molecule has 4 fully saturated rings. The van der Waals surface area contributed by atoms with E-state index in [0.717, 1.165) is 51.4 Å². The fraction of sp³-hybridized carbons (Fsp3) is 0.966. The average Bonchev–Trinajstić information content (AvgIpc) is 3.09. The van der Waals surface area contributed by atoms with E-state index >= 15 is 0 Å². The van der Waals surface area contributed by atoms with Crippen LogP contribution in [0.25, 0.3) is 0 Å². The van der Waals surface area contributed by atoms with Gasteiger partial charge in [0.1, 0.15) is 5.78 Å². The number of carbonyl (C=O) groups excluding carboxylic acids is 1. The molecule has 0 aromatic heterocycles. The van der Waals surface area contributed by atoms with Crippen LogP contribution in [0.2, 0.25) is 0 Å². The first-order valence-corrected chi connectivity index (χ1v) is 13.7. The van der Waals surface area contributed by atoms with Crippen molar-refractivity contribution in [3.63, 3.8) is 0 Å². The minimum absolute atomic E-state index is 0.0817. The van der Waals surface area contributed by atoms with E-state index in [1.54, 1.807) is 0 Å². The summed E-state index contributed by atoms with van der Waals surface area (Å²) in [4.78, 5) is 12.6. The largest absolute Gasteiger partial charge is 0.393 e. The first kappa shape index (κ1) is 25.6. The van der Waals surface area contributed by atoms with Crippen LogP contribution in [0, 0.1) is 51.2 Å². The summed E-state index contributed by atoms with van der Waals surface area (Å²) in [5.41, 5.74) is -0.623. The molecule has 4 rings (SSSR count). The molecule has 190 valence electrons. The van der Waals surface area contributed by atoms with E-state index in [9.17, 15) is 20.1 Å². The van der Waals surface area contributed by atoms with Gasteiger partial charge in [-0.1, -0.05) is 48.5 Å². The molecule has 3 N–H and O–H groups in total. The Labute approximate surface area is 201 Å². The van der Waals surface area contributed by atoms with Gasteiger partial charge in [0, 0.05) is 17.3 Å². The number of ketones is 1. The molecule has 0 saturated heterocycles. The third-order valence-corrected chi connectivity index (χ3v) is 11.9. The van der Waals surface area contributed by atoms with Crippen LogP contribution in [-0.2, 0) is 4.79 Å². The van der Waals surface area contributed by atoms with Gasteiger partial charge in [-0.25, -0.2) is 0 Å². The summed E-state index contributed by atoms with van der Waals surface area (Å²) in [6, 6.07) is 0. The van der Waals surface area contributed by atoms with Gasteiger partial charge in [0.05, 0.1) is 18.3 Å². The number of Topliss-reactive ketones (excluding diaryl/α,β-unsaturated/α-hetero) is 1. The maximum atomic E-state index is 12.6. The van der Waals surface area contributed by atoms with Crippen LogP contribution < -0.4 is 0 Å². The Balaban J connectivity index is 1.60. The minimum Gasteiger partial charge on any atom is -0.393 e. The highest BCUT2D eigenvalue weighted by atomic mass is 16.3. The van der Waals surface area contributed by atoms with E-state index in [-0.39, 0.29) is 45.9 Å². The maximum absolute atomic E-state index is 12.6. The van der Waals surface area contributed by atoms with E-state index in [1.807, 2.05) is 20.8 Å². The molecule has 11 atom stereocenters. The van der Waals surface area contributed by atoms with Crippen LogP contribution in [0.5, 0.6) is 0 Å². The Morgan fingerprint density at radius 3 is 2.18 bits per heavy atom. The Kier molecular flexibility index (Phi) is 6.45. The van der Waals surface area contributed by atoms with E-state index in [2.05, 4.69) is 27.7 Å². The third-order valence-electron chi connectivity index (χ3n) is 11.9. The molecule has 4 heteroatoms. The van der Waals surface area contributed by atoms with Gasteiger partial charge >= 0.3 is 0 Å². The van der Waals surface area contributed by atoms with Crippen LogP contribution >= 0.6 is 0 Å². The van der Waals surface area contributed by atoms with Crippen molar-refractivity contribution in [2.24, 2.45) is 51.2 Å². The van der Waals surface area contributed by atoms with Crippen molar-refractivity contribution < 1.29 is 20.1 Å². The number of fused-ring (bicyclic) bond motifs is 5. The summed E-state index contributed by atoms with van der Waals surface area (Å²) in [6.45, 7) is 15.3. The number of aliphatic hydroxyl groups is 3. The van der Waals surface area contributed by atoms with Crippen LogP contribution in [0.3, 0.4) is 0 Å². The highest BCUT2D eigenvalue weighted by molar-refractivity contribution is 5.83. The van der Waals surface area contributed by atoms with E-state index in [4.69, 9.17) is 0 Å². The van der Waals surface area contributed by atoms with E-state index in [0.29, 0.717) is 35.9 Å². The predicted molar refractivity (Wildman–Crippen MR) is 131 cm³/mol. The highest BCUT2D eigenvalue weighted by Crippen LogP contribution is 2.73. The van der Waals surface area contributed by atoms with Crippen molar-refractivity contribution in [1.29, 1.82) is 0 Å². The number of aliphatic hydroxyl groups excluding tert-OH is 3. The highest BCUT2D eigenvalue weighted by Gasteiger charge is 2.70. The molecule has 0 aromatic carbocycles. The SMILES string of the molecule is C[C@H](CCC(=O)C(C)(C)C)[C@H]1CC[C@@H]2[C@]1(C)[C@@H](O)C[C@@H]1[C@@]3(C)CC[C@@H](O)C[C@H]3C[C@@H](O)[C@@]21C. The number of rotatable bonds is 4. The second kappa shape index (κ2) is 8.30. The second-order valence-electron chi connectivity index (χ2n) is 14.3. The van der Waals surface area contributed by atoms with Gasteiger partial charge < -0.3 is 15.3 Å². The lowest BCUT2D eigenvalue weighted by Gasteiger charge is -2.68. The van der Waals surface area contributed by atoms with Crippen molar-refractivity contribution in [3.8, 4) is 0 Å². The molecule has 4 aliphatic carbocycles. The summed E-state index contributed by atoms with van der Waals surface area (Å²) in [5.74, 6) is 2.01. The fourth-order valence-electron chi connectivity index (χ4n) is 9.68. The molecular formula is C29H50O4. The molecule has 0 heterocycles. The Morgan fingerprint density at radius 1 is 0.909 bits per heavy atom. The summed E-state index contributed by atoms with van der Waals surface area (Å²) in [7, 11) is 0. The minimum atomic E-state index is -0.376. The lowest BCUT2D eigenvalue weighted by Crippen LogP contribution is -2.67. The number of hydrogen-bond donors (Lipinski definition) is 3. The normalized spacial score (nSPS) is 50.8. The first-order chi connectivity index (χ1) is 15.2. The van der Waals surface area contributed by atoms with Crippen LogP contribution in [-0.4, -0.2) is 39.4 Å². The zero-order valence-electron chi connectivity index (χ0n) is 22.2. The van der Waals surface area contributed by atoms with Crippen LogP contribution in [0.15, 0.2) is 0 Å². The fourth-order valence-corrected chi connectivity index (χ4v) is 9.68. The summed E-state index contributed by atoms with van der Waals surface area (Å²) < 4.78 is 0. The summed E-state index contributed by atoms with van der Waals surface area (Å²) in [5, 5.41) is 33.7. The number of hydrogen-bond acceptors (Lipinski definition) is 4. The van der Waals surface area contributed by atoms with Gasteiger partial charge in [-0.3, -0.25) is 4.79 Å². The Hall–Kier alpha value is -0.450. The number of carbonyl (C=O) groups is 1. The van der Waals surface area contributed by atoms with Gasteiger partial charge in [0.2, 0.25) is 0 Å². The van der Waals surface area contributed by atoms with Gasteiger partial charge in [-0.05, 0) is 91.8 Å². The molecule has 0 spiro atoms.